The Morgan fingerprint density at radius 2 is 1.76 bits per heavy atom. The molecule has 7 nitrogen and oxygen atoms in total. The van der Waals surface area contributed by atoms with E-state index in [9.17, 15) is 10.1 Å². The Bertz CT molecular complexity index is 1080. The van der Waals surface area contributed by atoms with E-state index in [2.05, 4.69) is 23.2 Å². The van der Waals surface area contributed by atoms with Crippen LogP contribution in [0.4, 0.5) is 0 Å². The predicted octanol–water partition coefficient (Wildman–Crippen LogP) is 5.49. The molecule has 1 amide bonds. The number of amides is 1. The lowest BCUT2D eigenvalue weighted by Crippen LogP contribution is -2.52. The van der Waals surface area contributed by atoms with E-state index in [0.717, 1.165) is 56.6 Å². The smallest absolute Gasteiger partial charge is 0.220 e. The Kier molecular flexibility index (Phi) is 9.89. The molecule has 2 aliphatic rings. The number of nitriles is 1. The molecule has 1 N–H and O–H groups in total. The largest absolute Gasteiger partial charge is 0.493 e. The second-order valence-electron chi connectivity index (χ2n) is 10.6. The Morgan fingerprint density at radius 3 is 2.39 bits per heavy atom. The quantitative estimate of drug-likeness (QED) is 0.377. The fourth-order valence-corrected chi connectivity index (χ4v) is 5.95. The molecule has 2 fully saturated rings. The molecule has 7 heteroatoms. The molecule has 0 aromatic heterocycles. The monoisotopic (exact) mass is 519 g/mol. The predicted molar refractivity (Wildman–Crippen MR) is 147 cm³/mol. The first-order valence-electron chi connectivity index (χ1n) is 13.9. The number of carbonyl (C=O) groups is 1. The van der Waals surface area contributed by atoms with Crippen LogP contribution in [0.2, 0.25) is 0 Å². The summed E-state index contributed by atoms with van der Waals surface area (Å²) in [5, 5.41) is 12.6. The van der Waals surface area contributed by atoms with Crippen molar-refractivity contribution < 1.29 is 19.0 Å². The molecule has 1 heterocycles. The van der Waals surface area contributed by atoms with Crippen LogP contribution in [0.1, 0.15) is 69.1 Å². The summed E-state index contributed by atoms with van der Waals surface area (Å²) < 4.78 is 17.3. The summed E-state index contributed by atoms with van der Waals surface area (Å²) in [5.41, 5.74) is 1.69. The number of ether oxygens (including phenoxy) is 3. The van der Waals surface area contributed by atoms with Gasteiger partial charge in [-0.05, 0) is 80.3 Å². The number of fused-ring (bicyclic) bond motifs is 2. The summed E-state index contributed by atoms with van der Waals surface area (Å²) in [6.45, 7) is 5.23. The molecule has 0 radical (unpaired) electrons. The Hall–Kier alpha value is -3.24. The zero-order chi connectivity index (χ0) is 26.9. The molecule has 2 bridgehead atoms. The van der Waals surface area contributed by atoms with E-state index >= 15 is 0 Å². The molecular weight excluding hydrogens is 478 g/mol. The average Bonchev–Trinajstić information content (AvgIpc) is 3.17. The Labute approximate surface area is 227 Å². The van der Waals surface area contributed by atoms with Crippen LogP contribution in [0.25, 0.3) is 0 Å². The number of methoxy groups -OCH3 is 2. The summed E-state index contributed by atoms with van der Waals surface area (Å²) >= 11 is 0. The van der Waals surface area contributed by atoms with Crippen molar-refractivity contribution in [1.29, 1.82) is 5.26 Å². The van der Waals surface area contributed by atoms with Gasteiger partial charge in [-0.3, -0.25) is 4.79 Å². The SMILES string of the molecule is CCCCC(=O)NC1C2CCC1CN(CCCC(Oc1ccc(OC)c(OC)c1)c1ccc(C#N)cc1)C2. The van der Waals surface area contributed by atoms with Gasteiger partial charge in [0, 0.05) is 31.6 Å². The highest BCUT2D eigenvalue weighted by atomic mass is 16.5. The third-order valence-corrected chi connectivity index (χ3v) is 7.98. The van der Waals surface area contributed by atoms with Gasteiger partial charge in [-0.15, -0.1) is 0 Å². The topological polar surface area (TPSA) is 83.8 Å². The highest BCUT2D eigenvalue weighted by Crippen LogP contribution is 2.38. The summed E-state index contributed by atoms with van der Waals surface area (Å²) in [5.74, 6) is 3.33. The van der Waals surface area contributed by atoms with Gasteiger partial charge in [-0.25, -0.2) is 0 Å². The number of carbonyl (C=O) groups excluding carboxylic acids is 1. The Morgan fingerprint density at radius 1 is 1.05 bits per heavy atom. The van der Waals surface area contributed by atoms with Crippen LogP contribution in [-0.2, 0) is 4.79 Å². The van der Waals surface area contributed by atoms with E-state index < -0.39 is 0 Å². The summed E-state index contributed by atoms with van der Waals surface area (Å²) in [6.07, 6.45) is 6.77. The van der Waals surface area contributed by atoms with Crippen molar-refractivity contribution in [3.05, 3.63) is 53.6 Å². The second kappa shape index (κ2) is 13.5. The molecule has 1 saturated carbocycles. The molecule has 4 rings (SSSR count). The maximum Gasteiger partial charge on any atom is 0.220 e. The van der Waals surface area contributed by atoms with Gasteiger partial charge in [0.1, 0.15) is 11.9 Å². The zero-order valence-electron chi connectivity index (χ0n) is 22.9. The number of hydrogen-bond acceptors (Lipinski definition) is 6. The number of piperidine rings is 1. The van der Waals surface area contributed by atoms with Gasteiger partial charge < -0.3 is 24.4 Å². The van der Waals surface area contributed by atoms with Crippen LogP contribution in [0, 0.1) is 23.2 Å². The molecule has 2 aromatic carbocycles. The summed E-state index contributed by atoms with van der Waals surface area (Å²) in [7, 11) is 3.24. The standard InChI is InChI=1S/C31H41N3O4/c1-4-5-8-30(35)33-31-24-13-14-25(31)21-34(20-24)17-6-7-27(23-11-9-22(19-32)10-12-23)38-26-15-16-28(36-2)29(18-26)37-3/h9-12,15-16,18,24-25,27,31H,4-8,13-14,17,20-21H2,1-3H3,(H,33,35). The van der Waals surface area contributed by atoms with Crippen molar-refractivity contribution in [3.8, 4) is 23.3 Å². The molecule has 1 saturated heterocycles. The number of nitrogens with one attached hydrogen (secondary N) is 1. The summed E-state index contributed by atoms with van der Waals surface area (Å²) in [6, 6.07) is 15.8. The fourth-order valence-electron chi connectivity index (χ4n) is 5.95. The third kappa shape index (κ3) is 6.99. The number of likely N-dealkylation sites (tertiary alicyclic amines) is 1. The van der Waals surface area contributed by atoms with E-state index in [0.29, 0.717) is 41.4 Å². The third-order valence-electron chi connectivity index (χ3n) is 7.98. The van der Waals surface area contributed by atoms with Crippen molar-refractivity contribution in [3.63, 3.8) is 0 Å². The number of benzene rings is 2. The van der Waals surface area contributed by atoms with Gasteiger partial charge in [0.15, 0.2) is 11.5 Å². The van der Waals surface area contributed by atoms with Gasteiger partial charge in [0.05, 0.1) is 25.9 Å². The maximum absolute atomic E-state index is 12.3. The second-order valence-corrected chi connectivity index (χ2v) is 10.6. The molecule has 38 heavy (non-hydrogen) atoms. The van der Waals surface area contributed by atoms with Gasteiger partial charge >= 0.3 is 0 Å². The first-order valence-corrected chi connectivity index (χ1v) is 13.9. The number of hydrogen-bond donors (Lipinski definition) is 1. The number of unbranched alkanes of at least 4 members (excludes halogenated alkanes) is 1. The summed E-state index contributed by atoms with van der Waals surface area (Å²) in [4.78, 5) is 14.9. The van der Waals surface area contributed by atoms with E-state index in [-0.39, 0.29) is 12.0 Å². The maximum atomic E-state index is 12.3. The van der Waals surface area contributed by atoms with E-state index in [1.807, 2.05) is 42.5 Å². The zero-order valence-corrected chi connectivity index (χ0v) is 22.9. The van der Waals surface area contributed by atoms with Gasteiger partial charge in [0.2, 0.25) is 5.91 Å². The van der Waals surface area contributed by atoms with Crippen LogP contribution in [0.15, 0.2) is 42.5 Å². The minimum atomic E-state index is -0.145. The molecule has 1 aliphatic heterocycles. The van der Waals surface area contributed by atoms with Gasteiger partial charge in [0.25, 0.3) is 0 Å². The molecule has 3 atom stereocenters. The lowest BCUT2D eigenvalue weighted by molar-refractivity contribution is -0.122. The van der Waals surface area contributed by atoms with Crippen LogP contribution < -0.4 is 19.5 Å². The van der Waals surface area contributed by atoms with Gasteiger partial charge in [-0.2, -0.15) is 5.26 Å². The highest BCUT2D eigenvalue weighted by Gasteiger charge is 2.42. The van der Waals surface area contributed by atoms with E-state index in [1.165, 1.54) is 12.8 Å². The van der Waals surface area contributed by atoms with Crippen LogP contribution >= 0.6 is 0 Å². The number of rotatable bonds is 13. The lowest BCUT2D eigenvalue weighted by atomic mass is 9.91. The molecular formula is C31H41N3O4. The first kappa shape index (κ1) is 27.8. The average molecular weight is 520 g/mol. The van der Waals surface area contributed by atoms with Crippen LogP contribution in [0.5, 0.6) is 17.2 Å². The van der Waals surface area contributed by atoms with Crippen molar-refractivity contribution >= 4 is 5.91 Å². The van der Waals surface area contributed by atoms with Crippen LogP contribution in [-0.4, -0.2) is 50.7 Å². The minimum absolute atomic E-state index is 0.145. The molecule has 1 aliphatic carbocycles. The Balaban J connectivity index is 1.36. The number of nitrogens with zero attached hydrogens (tertiary/aromatic N) is 2. The van der Waals surface area contributed by atoms with Crippen molar-refractivity contribution in [2.45, 2.75) is 64.0 Å². The van der Waals surface area contributed by atoms with E-state index in [1.54, 1.807) is 14.2 Å². The lowest BCUT2D eigenvalue weighted by Gasteiger charge is -2.38. The molecule has 2 aromatic rings. The van der Waals surface area contributed by atoms with E-state index in [4.69, 9.17) is 14.2 Å². The minimum Gasteiger partial charge on any atom is -0.493 e. The van der Waals surface area contributed by atoms with Crippen molar-refractivity contribution in [2.24, 2.45) is 11.8 Å². The van der Waals surface area contributed by atoms with Crippen molar-refractivity contribution in [2.75, 3.05) is 33.9 Å². The van der Waals surface area contributed by atoms with Crippen molar-refractivity contribution in [1.82, 2.24) is 10.2 Å². The fraction of sp³-hybridized carbons (Fsp3) is 0.548. The highest BCUT2D eigenvalue weighted by molar-refractivity contribution is 5.76. The van der Waals surface area contributed by atoms with Crippen LogP contribution in [0.3, 0.4) is 0 Å². The molecule has 0 spiro atoms. The first-order chi connectivity index (χ1) is 18.5. The molecule has 204 valence electrons. The normalized spacial score (nSPS) is 21.4. The molecule has 3 unspecified atom stereocenters. The van der Waals surface area contributed by atoms with Gasteiger partial charge in [-0.1, -0.05) is 25.5 Å².